The van der Waals surface area contributed by atoms with Crippen molar-refractivity contribution in [3.63, 3.8) is 0 Å². The Balaban J connectivity index is 1.60. The number of hydrogen-bond donors (Lipinski definition) is 3. The summed E-state index contributed by atoms with van der Waals surface area (Å²) >= 11 is 0. The predicted octanol–water partition coefficient (Wildman–Crippen LogP) is 3.95. The summed E-state index contributed by atoms with van der Waals surface area (Å²) in [5, 5.41) is 12.6. The average molecular weight is 395 g/mol. The van der Waals surface area contributed by atoms with Crippen LogP contribution in [0.3, 0.4) is 0 Å². The minimum absolute atomic E-state index is 0.308. The van der Waals surface area contributed by atoms with Crippen LogP contribution in [0.1, 0.15) is 43.4 Å². The van der Waals surface area contributed by atoms with E-state index in [1.54, 1.807) is 0 Å². The number of piperidine rings is 1. The van der Waals surface area contributed by atoms with Gasteiger partial charge in [0.1, 0.15) is 0 Å². The van der Waals surface area contributed by atoms with E-state index in [9.17, 15) is 5.11 Å². The third-order valence-electron chi connectivity index (χ3n) is 5.86. The van der Waals surface area contributed by atoms with Gasteiger partial charge in [-0.05, 0) is 60.4 Å². The van der Waals surface area contributed by atoms with Crippen molar-refractivity contribution in [2.75, 3.05) is 29.9 Å². The van der Waals surface area contributed by atoms with Gasteiger partial charge < -0.3 is 21.1 Å². The molecule has 1 fully saturated rings. The zero-order chi connectivity index (χ0) is 20.6. The van der Waals surface area contributed by atoms with Gasteiger partial charge in [0.05, 0.1) is 6.54 Å². The Morgan fingerprint density at radius 1 is 1.07 bits per heavy atom. The van der Waals surface area contributed by atoms with Crippen LogP contribution in [0.15, 0.2) is 47.5 Å². The lowest BCUT2D eigenvalue weighted by molar-refractivity contribution is 0.203. The summed E-state index contributed by atoms with van der Waals surface area (Å²) in [6.07, 6.45) is 4.04. The summed E-state index contributed by atoms with van der Waals surface area (Å²) in [6.45, 7) is 7.19. The predicted molar refractivity (Wildman–Crippen MR) is 123 cm³/mol. The number of aliphatic hydroxyl groups excluding tert-OH is 1. The van der Waals surface area contributed by atoms with Crippen molar-refractivity contribution in [1.29, 1.82) is 0 Å². The van der Waals surface area contributed by atoms with Crippen LogP contribution in [0.5, 0.6) is 0 Å². The third kappa shape index (κ3) is 5.51. The first kappa shape index (κ1) is 21.2. The molecule has 1 aliphatic heterocycles. The standard InChI is InChI=1S/C24H34N4O/c1-3-20-6-5-7-21(4-2)23(20)27-24(25)26-16-18-8-10-22(11-9-18)28-14-12-19(17-29)13-15-28/h5-11,19,29H,3-4,12-17H2,1-2H3,(H3,25,26,27). The molecule has 0 aliphatic carbocycles. The van der Waals surface area contributed by atoms with Gasteiger partial charge in [-0.15, -0.1) is 0 Å². The molecule has 0 atom stereocenters. The van der Waals surface area contributed by atoms with Crippen molar-refractivity contribution in [3.8, 4) is 0 Å². The van der Waals surface area contributed by atoms with Gasteiger partial charge in [0.2, 0.25) is 0 Å². The molecule has 5 nitrogen and oxygen atoms in total. The number of rotatable bonds is 7. The Labute approximate surface area is 174 Å². The minimum Gasteiger partial charge on any atom is -0.396 e. The molecule has 2 aromatic carbocycles. The molecule has 0 amide bonds. The van der Waals surface area contributed by atoms with Crippen molar-refractivity contribution in [3.05, 3.63) is 59.2 Å². The molecule has 1 aliphatic rings. The lowest BCUT2D eigenvalue weighted by Crippen LogP contribution is -2.34. The highest BCUT2D eigenvalue weighted by molar-refractivity contribution is 5.93. The van der Waals surface area contributed by atoms with Gasteiger partial charge in [-0.3, -0.25) is 0 Å². The summed E-state index contributed by atoms with van der Waals surface area (Å²) in [6, 6.07) is 15.0. The maximum Gasteiger partial charge on any atom is 0.193 e. The number of guanidine groups is 1. The number of para-hydroxylation sites is 1. The second-order valence-corrected chi connectivity index (χ2v) is 7.76. The van der Waals surface area contributed by atoms with E-state index in [0.717, 1.165) is 50.0 Å². The fourth-order valence-corrected chi connectivity index (χ4v) is 3.93. The second-order valence-electron chi connectivity index (χ2n) is 7.76. The van der Waals surface area contributed by atoms with Crippen LogP contribution in [0.4, 0.5) is 11.4 Å². The fraction of sp³-hybridized carbons (Fsp3) is 0.458. The molecule has 0 spiro atoms. The van der Waals surface area contributed by atoms with E-state index < -0.39 is 0 Å². The number of hydrogen-bond acceptors (Lipinski definition) is 3. The molecule has 29 heavy (non-hydrogen) atoms. The van der Waals surface area contributed by atoms with E-state index in [-0.39, 0.29) is 0 Å². The highest BCUT2D eigenvalue weighted by Crippen LogP contribution is 2.24. The Morgan fingerprint density at radius 2 is 1.69 bits per heavy atom. The lowest BCUT2D eigenvalue weighted by Gasteiger charge is -2.32. The number of aliphatic imine (C=N–C) groups is 1. The lowest BCUT2D eigenvalue weighted by atomic mass is 9.97. The molecular formula is C24H34N4O. The Kier molecular flexibility index (Phi) is 7.53. The van der Waals surface area contributed by atoms with Crippen LogP contribution in [-0.2, 0) is 19.4 Å². The van der Waals surface area contributed by atoms with Crippen LogP contribution in [0.2, 0.25) is 0 Å². The highest BCUT2D eigenvalue weighted by Gasteiger charge is 2.18. The van der Waals surface area contributed by atoms with Gasteiger partial charge in [-0.25, -0.2) is 4.99 Å². The summed E-state index contributed by atoms with van der Waals surface area (Å²) in [5.74, 6) is 0.914. The monoisotopic (exact) mass is 394 g/mol. The van der Waals surface area contributed by atoms with Gasteiger partial charge in [0.15, 0.2) is 5.96 Å². The molecule has 1 heterocycles. The van der Waals surface area contributed by atoms with E-state index in [1.165, 1.54) is 16.8 Å². The third-order valence-corrected chi connectivity index (χ3v) is 5.86. The van der Waals surface area contributed by atoms with Crippen molar-refractivity contribution in [2.45, 2.75) is 46.1 Å². The normalized spacial score (nSPS) is 15.6. The largest absolute Gasteiger partial charge is 0.396 e. The summed E-state index contributed by atoms with van der Waals surface area (Å²) < 4.78 is 0. The number of aliphatic hydroxyl groups is 1. The van der Waals surface area contributed by atoms with E-state index in [0.29, 0.717) is 25.0 Å². The van der Waals surface area contributed by atoms with E-state index in [1.807, 2.05) is 0 Å². The molecule has 0 unspecified atom stereocenters. The number of aryl methyl sites for hydroxylation is 2. The molecule has 5 heteroatoms. The Bertz CT molecular complexity index is 786. The van der Waals surface area contributed by atoms with Gasteiger partial charge >= 0.3 is 0 Å². The summed E-state index contributed by atoms with van der Waals surface area (Å²) in [7, 11) is 0. The van der Waals surface area contributed by atoms with Crippen molar-refractivity contribution < 1.29 is 5.11 Å². The number of nitrogens with one attached hydrogen (secondary N) is 1. The molecule has 0 aromatic heterocycles. The smallest absolute Gasteiger partial charge is 0.193 e. The maximum absolute atomic E-state index is 9.29. The molecular weight excluding hydrogens is 360 g/mol. The Morgan fingerprint density at radius 3 is 2.24 bits per heavy atom. The topological polar surface area (TPSA) is 73.9 Å². The first-order valence-electron chi connectivity index (χ1n) is 10.8. The van der Waals surface area contributed by atoms with Gasteiger partial charge in [-0.1, -0.05) is 44.2 Å². The van der Waals surface area contributed by atoms with Crippen LogP contribution in [-0.4, -0.2) is 30.8 Å². The van der Waals surface area contributed by atoms with E-state index >= 15 is 0 Å². The molecule has 1 saturated heterocycles. The van der Waals surface area contributed by atoms with Crippen LogP contribution < -0.4 is 16.0 Å². The van der Waals surface area contributed by atoms with Crippen molar-refractivity contribution in [1.82, 2.24) is 0 Å². The summed E-state index contributed by atoms with van der Waals surface area (Å²) in [4.78, 5) is 6.94. The number of nitrogens with zero attached hydrogens (tertiary/aromatic N) is 2. The fourth-order valence-electron chi connectivity index (χ4n) is 3.93. The highest BCUT2D eigenvalue weighted by atomic mass is 16.3. The Hall–Kier alpha value is -2.53. The van der Waals surface area contributed by atoms with Crippen LogP contribution in [0, 0.1) is 5.92 Å². The molecule has 4 N–H and O–H groups in total. The molecule has 2 aromatic rings. The van der Waals surface area contributed by atoms with Crippen LogP contribution >= 0.6 is 0 Å². The summed E-state index contributed by atoms with van der Waals surface area (Å²) in [5.41, 5.74) is 12.2. The minimum atomic E-state index is 0.308. The average Bonchev–Trinajstić information content (AvgIpc) is 2.78. The first-order chi connectivity index (χ1) is 14.1. The van der Waals surface area contributed by atoms with Gasteiger partial charge in [0.25, 0.3) is 0 Å². The number of benzene rings is 2. The van der Waals surface area contributed by atoms with E-state index in [2.05, 4.69) is 71.5 Å². The van der Waals surface area contributed by atoms with Crippen molar-refractivity contribution in [2.24, 2.45) is 16.6 Å². The molecule has 0 bridgehead atoms. The van der Waals surface area contributed by atoms with Gasteiger partial charge in [-0.2, -0.15) is 0 Å². The van der Waals surface area contributed by atoms with Crippen LogP contribution in [0.25, 0.3) is 0 Å². The molecule has 156 valence electrons. The molecule has 0 saturated carbocycles. The first-order valence-corrected chi connectivity index (χ1v) is 10.8. The zero-order valence-corrected chi connectivity index (χ0v) is 17.7. The SMILES string of the molecule is CCc1cccc(CC)c1NC(N)=NCc1ccc(N2CCC(CO)CC2)cc1. The molecule has 3 rings (SSSR count). The van der Waals surface area contributed by atoms with Crippen molar-refractivity contribution >= 4 is 17.3 Å². The molecule has 0 radical (unpaired) electrons. The maximum atomic E-state index is 9.29. The second kappa shape index (κ2) is 10.3. The number of anilines is 2. The zero-order valence-electron chi connectivity index (χ0n) is 17.7. The van der Waals surface area contributed by atoms with E-state index in [4.69, 9.17) is 5.73 Å². The van der Waals surface area contributed by atoms with Gasteiger partial charge in [0, 0.05) is 31.1 Å². The quantitative estimate of drug-likeness (QED) is 0.491. The number of nitrogens with two attached hydrogens (primary N) is 1.